The summed E-state index contributed by atoms with van der Waals surface area (Å²) in [5.41, 5.74) is 0.893. The van der Waals surface area contributed by atoms with Crippen LogP contribution in [0.25, 0.3) is 0 Å². The molecule has 30 heavy (non-hydrogen) atoms. The molecule has 1 amide bonds. The fourth-order valence-corrected chi connectivity index (χ4v) is 3.79. The molecule has 0 aromatic heterocycles. The fraction of sp³-hybridized carbons (Fsp3) is 0.500. The molecule has 0 aliphatic carbocycles. The quantitative estimate of drug-likeness (QED) is 0.520. The highest BCUT2D eigenvalue weighted by Gasteiger charge is 2.30. The van der Waals surface area contributed by atoms with Crippen LogP contribution in [0, 0.1) is 35.5 Å². The summed E-state index contributed by atoms with van der Waals surface area (Å²) in [6.07, 6.45) is 0.159. The number of carbonyl (C=O) groups is 2. The monoisotopic (exact) mass is 434 g/mol. The van der Waals surface area contributed by atoms with Crippen molar-refractivity contribution in [1.29, 1.82) is 10.5 Å². The highest BCUT2D eigenvalue weighted by atomic mass is 32.2. The molecule has 0 bridgehead atoms. The van der Waals surface area contributed by atoms with Gasteiger partial charge in [-0.3, -0.25) is 9.59 Å². The Kier molecular flexibility index (Phi) is 9.96. The van der Waals surface area contributed by atoms with Gasteiger partial charge < -0.3 is 9.64 Å². The molecule has 1 aromatic rings. The van der Waals surface area contributed by atoms with E-state index in [1.54, 1.807) is 26.0 Å². The minimum absolute atomic E-state index is 0.0156. The molecule has 0 spiro atoms. The highest BCUT2D eigenvalue weighted by molar-refractivity contribution is 7.89. The van der Waals surface area contributed by atoms with Crippen molar-refractivity contribution in [3.63, 3.8) is 0 Å². The van der Waals surface area contributed by atoms with Crippen LogP contribution in [-0.2, 0) is 24.3 Å². The van der Waals surface area contributed by atoms with Gasteiger partial charge in [0.2, 0.25) is 10.0 Å². The van der Waals surface area contributed by atoms with Gasteiger partial charge in [-0.25, -0.2) is 8.42 Å². The Morgan fingerprint density at radius 1 is 1.10 bits per heavy atom. The van der Waals surface area contributed by atoms with E-state index in [9.17, 15) is 18.0 Å². The Morgan fingerprint density at radius 3 is 2.10 bits per heavy atom. The van der Waals surface area contributed by atoms with Crippen LogP contribution < -0.4 is 4.72 Å². The van der Waals surface area contributed by atoms with E-state index in [0.29, 0.717) is 0 Å². The van der Waals surface area contributed by atoms with E-state index in [2.05, 4.69) is 4.72 Å². The molecule has 162 valence electrons. The van der Waals surface area contributed by atoms with E-state index in [4.69, 9.17) is 15.3 Å². The Bertz CT molecular complexity index is 896. The number of hydrogen-bond donors (Lipinski definition) is 1. The molecular formula is C20H26N4O5S. The van der Waals surface area contributed by atoms with Crippen LogP contribution in [0.1, 0.15) is 32.3 Å². The van der Waals surface area contributed by atoms with Crippen LogP contribution in [-0.4, -0.2) is 50.9 Å². The molecule has 1 rings (SSSR count). The van der Waals surface area contributed by atoms with Crippen LogP contribution in [0.15, 0.2) is 29.2 Å². The van der Waals surface area contributed by atoms with Crippen molar-refractivity contribution in [3.8, 4) is 12.1 Å². The first kappa shape index (κ1) is 25.1. The molecule has 0 radical (unpaired) electrons. The number of sulfonamides is 1. The highest BCUT2D eigenvalue weighted by Crippen LogP contribution is 2.14. The zero-order chi connectivity index (χ0) is 22.7. The molecule has 1 unspecified atom stereocenters. The zero-order valence-corrected chi connectivity index (χ0v) is 18.1. The summed E-state index contributed by atoms with van der Waals surface area (Å²) < 4.78 is 32.6. The van der Waals surface area contributed by atoms with Crippen molar-refractivity contribution in [2.24, 2.45) is 5.92 Å². The lowest BCUT2D eigenvalue weighted by atomic mass is 10.1. The van der Waals surface area contributed by atoms with E-state index in [1.165, 1.54) is 17.0 Å². The van der Waals surface area contributed by atoms with Crippen molar-refractivity contribution in [2.75, 3.05) is 19.7 Å². The van der Waals surface area contributed by atoms with E-state index in [-0.39, 0.29) is 30.8 Å². The molecule has 0 aliphatic rings. The van der Waals surface area contributed by atoms with Gasteiger partial charge in [-0.1, -0.05) is 31.5 Å². The first-order chi connectivity index (χ1) is 14.1. The van der Waals surface area contributed by atoms with E-state index < -0.39 is 40.5 Å². The predicted molar refractivity (Wildman–Crippen MR) is 108 cm³/mol. The van der Waals surface area contributed by atoms with Crippen LogP contribution in [0.2, 0.25) is 0 Å². The number of nitrogens with one attached hydrogen (secondary N) is 1. The molecule has 0 saturated carbocycles. The third kappa shape index (κ3) is 7.82. The van der Waals surface area contributed by atoms with Gasteiger partial charge in [-0.2, -0.15) is 15.2 Å². The summed E-state index contributed by atoms with van der Waals surface area (Å²) >= 11 is 0. The van der Waals surface area contributed by atoms with Crippen LogP contribution >= 0.6 is 0 Å². The minimum Gasteiger partial charge on any atom is -0.454 e. The first-order valence-electron chi connectivity index (χ1n) is 9.39. The fourth-order valence-electron chi connectivity index (χ4n) is 2.45. The summed E-state index contributed by atoms with van der Waals surface area (Å²) in [4.78, 5) is 26.0. The second kappa shape index (κ2) is 11.9. The van der Waals surface area contributed by atoms with Crippen molar-refractivity contribution in [3.05, 3.63) is 29.8 Å². The maximum atomic E-state index is 12.6. The number of nitriles is 2. The molecule has 0 heterocycles. The van der Waals surface area contributed by atoms with Gasteiger partial charge in [0.25, 0.3) is 5.91 Å². The van der Waals surface area contributed by atoms with Crippen molar-refractivity contribution < 1.29 is 22.7 Å². The minimum atomic E-state index is -3.96. The second-order valence-corrected chi connectivity index (χ2v) is 8.67. The first-order valence-corrected chi connectivity index (χ1v) is 10.9. The van der Waals surface area contributed by atoms with Crippen molar-refractivity contribution in [2.45, 2.75) is 44.6 Å². The molecule has 9 nitrogen and oxygen atoms in total. The van der Waals surface area contributed by atoms with Crippen LogP contribution in [0.3, 0.4) is 0 Å². The number of ether oxygens (including phenoxy) is 1. The van der Waals surface area contributed by atoms with Gasteiger partial charge >= 0.3 is 5.97 Å². The topological polar surface area (TPSA) is 140 Å². The number of rotatable bonds is 11. The molecule has 1 atom stereocenters. The number of benzene rings is 1. The largest absolute Gasteiger partial charge is 0.454 e. The third-order valence-electron chi connectivity index (χ3n) is 4.21. The molecule has 1 aromatic carbocycles. The Hall–Kier alpha value is -2.95. The van der Waals surface area contributed by atoms with Crippen LogP contribution in [0.5, 0.6) is 0 Å². The molecule has 10 heteroatoms. The van der Waals surface area contributed by atoms with Gasteiger partial charge in [0.05, 0.1) is 29.9 Å². The van der Waals surface area contributed by atoms with E-state index in [0.717, 1.165) is 5.56 Å². The van der Waals surface area contributed by atoms with E-state index in [1.807, 2.05) is 19.1 Å². The van der Waals surface area contributed by atoms with Gasteiger partial charge in [-0.05, 0) is 25.0 Å². The Morgan fingerprint density at radius 2 is 1.63 bits per heavy atom. The van der Waals surface area contributed by atoms with Gasteiger partial charge in [-0.15, -0.1) is 0 Å². The Balaban J connectivity index is 2.81. The lowest BCUT2D eigenvalue weighted by Gasteiger charge is -2.23. The van der Waals surface area contributed by atoms with Crippen molar-refractivity contribution >= 4 is 21.9 Å². The van der Waals surface area contributed by atoms with Gasteiger partial charge in [0.1, 0.15) is 6.04 Å². The average molecular weight is 435 g/mol. The van der Waals surface area contributed by atoms with Gasteiger partial charge in [0, 0.05) is 13.1 Å². The number of amides is 1. The summed E-state index contributed by atoms with van der Waals surface area (Å²) in [6.45, 7) is 4.75. The van der Waals surface area contributed by atoms with Gasteiger partial charge in [0.15, 0.2) is 6.61 Å². The summed E-state index contributed by atoms with van der Waals surface area (Å²) in [7, 11) is -3.96. The third-order valence-corrected chi connectivity index (χ3v) is 5.67. The summed E-state index contributed by atoms with van der Waals surface area (Å²) in [5, 5.41) is 17.4. The summed E-state index contributed by atoms with van der Waals surface area (Å²) in [5.74, 6) is -1.87. The molecule has 0 aliphatic heterocycles. The number of carbonyl (C=O) groups excluding carboxylic acids is 2. The van der Waals surface area contributed by atoms with E-state index >= 15 is 0 Å². The average Bonchev–Trinajstić information content (AvgIpc) is 2.70. The lowest BCUT2D eigenvalue weighted by Crippen LogP contribution is -2.46. The lowest BCUT2D eigenvalue weighted by molar-refractivity contribution is -0.154. The maximum Gasteiger partial charge on any atom is 0.324 e. The smallest absolute Gasteiger partial charge is 0.324 e. The SMILES string of the molecule is Cc1ccc(S(=O)(=O)NC(C(=O)OCC(=O)N(CCC#N)CCC#N)C(C)C)cc1. The number of nitrogens with zero attached hydrogens (tertiary/aromatic N) is 3. The molecular weight excluding hydrogens is 408 g/mol. The van der Waals surface area contributed by atoms with Crippen LogP contribution in [0.4, 0.5) is 0 Å². The standard InChI is InChI=1S/C20H26N4O5S/c1-15(2)19(23-30(27,28)17-8-6-16(3)7-9-17)20(26)29-14-18(25)24(12-4-10-21)13-5-11-22/h6-9,15,19,23H,4-5,12-14H2,1-3H3. The molecule has 1 N–H and O–H groups in total. The second-order valence-electron chi connectivity index (χ2n) is 6.96. The number of esters is 1. The summed E-state index contributed by atoms with van der Waals surface area (Å²) in [6, 6.07) is 8.80. The maximum absolute atomic E-state index is 12.6. The number of hydrogen-bond acceptors (Lipinski definition) is 7. The number of aryl methyl sites for hydroxylation is 1. The zero-order valence-electron chi connectivity index (χ0n) is 17.3. The Labute approximate surface area is 177 Å². The predicted octanol–water partition coefficient (Wildman–Crippen LogP) is 1.50. The normalized spacial score (nSPS) is 11.9. The van der Waals surface area contributed by atoms with Crippen molar-refractivity contribution in [1.82, 2.24) is 9.62 Å². The molecule has 0 saturated heterocycles. The molecule has 0 fully saturated rings.